The molecule has 144 valence electrons. The van der Waals surface area contributed by atoms with E-state index in [-0.39, 0.29) is 12.3 Å². The number of anilines is 2. The average molecular weight is 395 g/mol. The van der Waals surface area contributed by atoms with Crippen LogP contribution in [0.2, 0.25) is 0 Å². The molecule has 7 nitrogen and oxygen atoms in total. The van der Waals surface area contributed by atoms with Crippen LogP contribution < -0.4 is 10.2 Å². The summed E-state index contributed by atoms with van der Waals surface area (Å²) < 4.78 is 0. The monoisotopic (exact) mass is 394 g/mol. The molecule has 1 aliphatic heterocycles. The second-order valence-electron chi connectivity index (χ2n) is 6.78. The highest BCUT2D eigenvalue weighted by Crippen LogP contribution is 2.22. The molecule has 0 atom stereocenters. The van der Waals surface area contributed by atoms with Crippen molar-refractivity contribution in [1.29, 1.82) is 0 Å². The van der Waals surface area contributed by atoms with Crippen molar-refractivity contribution in [3.63, 3.8) is 0 Å². The predicted molar refractivity (Wildman–Crippen MR) is 112 cm³/mol. The summed E-state index contributed by atoms with van der Waals surface area (Å²) in [7, 11) is 2.13. The number of hydrogen-bond donors (Lipinski definition) is 1. The molecule has 4 heterocycles. The van der Waals surface area contributed by atoms with Gasteiger partial charge in [-0.3, -0.25) is 9.78 Å². The number of pyridine rings is 2. The Labute approximate surface area is 168 Å². The zero-order chi connectivity index (χ0) is 19.3. The molecule has 0 unspecified atom stereocenters. The zero-order valence-corrected chi connectivity index (χ0v) is 16.5. The molecular weight excluding hydrogens is 372 g/mol. The Morgan fingerprint density at radius 3 is 2.71 bits per heavy atom. The number of hydrogen-bond acceptors (Lipinski definition) is 7. The van der Waals surface area contributed by atoms with Gasteiger partial charge in [0, 0.05) is 37.8 Å². The van der Waals surface area contributed by atoms with Crippen LogP contribution in [0.15, 0.2) is 48.1 Å². The molecule has 1 aliphatic rings. The van der Waals surface area contributed by atoms with Crippen LogP contribution in [0, 0.1) is 0 Å². The van der Waals surface area contributed by atoms with Crippen molar-refractivity contribution in [1.82, 2.24) is 19.9 Å². The summed E-state index contributed by atoms with van der Waals surface area (Å²) in [6.07, 6.45) is 3.68. The molecule has 1 N–H and O–H groups in total. The van der Waals surface area contributed by atoms with Gasteiger partial charge in [0.1, 0.15) is 10.8 Å². The summed E-state index contributed by atoms with van der Waals surface area (Å²) >= 11 is 1.49. The summed E-state index contributed by atoms with van der Waals surface area (Å²) in [5.74, 6) is 0.845. The molecule has 1 amide bonds. The molecule has 0 saturated carbocycles. The molecule has 28 heavy (non-hydrogen) atoms. The van der Waals surface area contributed by atoms with Gasteiger partial charge in [-0.25, -0.2) is 9.97 Å². The van der Waals surface area contributed by atoms with E-state index in [0.29, 0.717) is 5.69 Å². The molecule has 0 bridgehead atoms. The lowest BCUT2D eigenvalue weighted by Crippen LogP contribution is -2.44. The van der Waals surface area contributed by atoms with Gasteiger partial charge >= 0.3 is 0 Å². The van der Waals surface area contributed by atoms with Gasteiger partial charge in [-0.2, -0.15) is 0 Å². The van der Waals surface area contributed by atoms with E-state index in [0.717, 1.165) is 48.4 Å². The van der Waals surface area contributed by atoms with Crippen molar-refractivity contribution in [3.05, 3.63) is 53.8 Å². The van der Waals surface area contributed by atoms with Gasteiger partial charge in [0.25, 0.3) is 0 Å². The van der Waals surface area contributed by atoms with E-state index in [4.69, 9.17) is 0 Å². The molecule has 0 aromatic carbocycles. The fourth-order valence-electron chi connectivity index (χ4n) is 3.05. The van der Waals surface area contributed by atoms with Crippen LogP contribution in [0.3, 0.4) is 0 Å². The van der Waals surface area contributed by atoms with E-state index in [1.165, 1.54) is 11.3 Å². The molecule has 4 rings (SSSR count). The minimum absolute atomic E-state index is 0.105. The van der Waals surface area contributed by atoms with Gasteiger partial charge in [-0.05, 0) is 31.3 Å². The van der Waals surface area contributed by atoms with Crippen LogP contribution in [-0.2, 0) is 11.2 Å². The van der Waals surface area contributed by atoms with Crippen molar-refractivity contribution in [2.45, 2.75) is 6.42 Å². The van der Waals surface area contributed by atoms with Crippen LogP contribution in [0.5, 0.6) is 0 Å². The molecule has 3 aromatic rings. The lowest BCUT2D eigenvalue weighted by atomic mass is 10.3. The van der Waals surface area contributed by atoms with Gasteiger partial charge in [0.05, 0.1) is 29.7 Å². The molecule has 8 heteroatoms. The topological polar surface area (TPSA) is 74.2 Å². The largest absolute Gasteiger partial charge is 0.354 e. The molecule has 1 saturated heterocycles. The van der Waals surface area contributed by atoms with E-state index in [1.807, 2.05) is 35.7 Å². The SMILES string of the molecule is CN1CCN(c2ccc(NC(=O)Cc3csc(-c4ccccn4)n3)cn2)CC1. The van der Waals surface area contributed by atoms with Crippen molar-refractivity contribution < 1.29 is 4.79 Å². The van der Waals surface area contributed by atoms with Crippen molar-refractivity contribution in [3.8, 4) is 10.7 Å². The van der Waals surface area contributed by atoms with Gasteiger partial charge in [0.15, 0.2) is 0 Å². The van der Waals surface area contributed by atoms with Crippen LogP contribution in [0.1, 0.15) is 5.69 Å². The highest BCUT2D eigenvalue weighted by atomic mass is 32.1. The number of carbonyl (C=O) groups excluding carboxylic acids is 1. The van der Waals surface area contributed by atoms with Gasteiger partial charge in [-0.15, -0.1) is 11.3 Å². The van der Waals surface area contributed by atoms with Crippen molar-refractivity contribution in [2.75, 3.05) is 43.4 Å². The Balaban J connectivity index is 1.33. The average Bonchev–Trinajstić information content (AvgIpc) is 3.18. The molecule has 1 fully saturated rings. The Kier molecular flexibility index (Phi) is 5.59. The van der Waals surface area contributed by atoms with E-state index in [9.17, 15) is 4.79 Å². The first kappa shape index (κ1) is 18.5. The minimum atomic E-state index is -0.105. The second kappa shape index (κ2) is 8.45. The van der Waals surface area contributed by atoms with Gasteiger partial charge in [0.2, 0.25) is 5.91 Å². The van der Waals surface area contributed by atoms with Crippen LogP contribution in [0.4, 0.5) is 11.5 Å². The standard InChI is InChI=1S/C20H22N6OS/c1-25-8-10-26(11-9-25)18-6-5-15(13-22-18)23-19(27)12-16-14-28-20(24-16)17-4-2-3-7-21-17/h2-7,13-14H,8-12H2,1H3,(H,23,27). The highest BCUT2D eigenvalue weighted by molar-refractivity contribution is 7.13. The number of likely N-dealkylation sites (N-methyl/N-ethyl adjacent to an activating group) is 1. The first-order valence-electron chi connectivity index (χ1n) is 9.22. The predicted octanol–water partition coefficient (Wildman–Crippen LogP) is 2.53. The van der Waals surface area contributed by atoms with Gasteiger partial charge in [-0.1, -0.05) is 6.07 Å². The highest BCUT2D eigenvalue weighted by Gasteiger charge is 2.15. The smallest absolute Gasteiger partial charge is 0.230 e. The van der Waals surface area contributed by atoms with E-state index >= 15 is 0 Å². The molecule has 0 spiro atoms. The zero-order valence-electron chi connectivity index (χ0n) is 15.7. The van der Waals surface area contributed by atoms with E-state index in [2.05, 4.69) is 37.1 Å². The first-order chi connectivity index (χ1) is 13.7. The molecule has 3 aromatic heterocycles. The first-order valence-corrected chi connectivity index (χ1v) is 10.1. The van der Waals surface area contributed by atoms with E-state index < -0.39 is 0 Å². The number of piperazine rings is 1. The Hall–Kier alpha value is -2.84. The third-order valence-corrected chi connectivity index (χ3v) is 5.55. The summed E-state index contributed by atoms with van der Waals surface area (Å²) in [6, 6.07) is 9.57. The van der Waals surface area contributed by atoms with Crippen LogP contribution >= 0.6 is 11.3 Å². The summed E-state index contributed by atoms with van der Waals surface area (Å²) in [6.45, 7) is 4.01. The fourth-order valence-corrected chi connectivity index (χ4v) is 3.84. The number of nitrogens with one attached hydrogen (secondary N) is 1. The maximum atomic E-state index is 12.3. The van der Waals surface area contributed by atoms with Crippen LogP contribution in [-0.4, -0.2) is 59.0 Å². The number of nitrogens with zero attached hydrogens (tertiary/aromatic N) is 5. The summed E-state index contributed by atoms with van der Waals surface area (Å²) in [5.41, 5.74) is 2.26. The summed E-state index contributed by atoms with van der Waals surface area (Å²) in [5, 5.41) is 5.62. The molecular formula is C20H22N6OS. The van der Waals surface area contributed by atoms with Crippen LogP contribution in [0.25, 0.3) is 10.7 Å². The third kappa shape index (κ3) is 4.52. The fraction of sp³-hybridized carbons (Fsp3) is 0.300. The Morgan fingerprint density at radius 2 is 2.00 bits per heavy atom. The number of aromatic nitrogens is 3. The number of rotatable bonds is 5. The quantitative estimate of drug-likeness (QED) is 0.717. The Morgan fingerprint density at radius 1 is 1.14 bits per heavy atom. The minimum Gasteiger partial charge on any atom is -0.354 e. The molecule has 0 radical (unpaired) electrons. The second-order valence-corrected chi connectivity index (χ2v) is 7.64. The lowest BCUT2D eigenvalue weighted by molar-refractivity contribution is -0.115. The maximum absolute atomic E-state index is 12.3. The van der Waals surface area contributed by atoms with Gasteiger partial charge < -0.3 is 15.1 Å². The maximum Gasteiger partial charge on any atom is 0.230 e. The lowest BCUT2D eigenvalue weighted by Gasteiger charge is -2.33. The normalized spacial score (nSPS) is 14.8. The molecule has 0 aliphatic carbocycles. The number of amides is 1. The van der Waals surface area contributed by atoms with E-state index in [1.54, 1.807) is 12.4 Å². The third-order valence-electron chi connectivity index (χ3n) is 4.64. The summed E-state index contributed by atoms with van der Waals surface area (Å²) in [4.78, 5) is 30.2. The van der Waals surface area contributed by atoms with Crippen molar-refractivity contribution >= 4 is 28.7 Å². The van der Waals surface area contributed by atoms with Crippen molar-refractivity contribution in [2.24, 2.45) is 0 Å². The Bertz CT molecular complexity index is 919. The number of thiazole rings is 1. The number of carbonyl (C=O) groups is 1.